The first kappa shape index (κ1) is 28.4. The molecule has 1 saturated heterocycles. The topological polar surface area (TPSA) is 91.3 Å². The Labute approximate surface area is 212 Å². The van der Waals surface area contributed by atoms with Gasteiger partial charge < -0.3 is 20.3 Å². The number of aliphatic hydroxyl groups excluding tert-OH is 2. The molecule has 3 rings (SSSR count). The van der Waals surface area contributed by atoms with Gasteiger partial charge in [0, 0.05) is 44.1 Å². The Morgan fingerprint density at radius 3 is 2.31 bits per heavy atom. The Morgan fingerprint density at radius 2 is 1.74 bits per heavy atom. The molecule has 3 fully saturated rings. The van der Waals surface area contributed by atoms with Gasteiger partial charge in [0.2, 0.25) is 5.91 Å². The van der Waals surface area contributed by atoms with Gasteiger partial charge in [0.15, 0.2) is 0 Å². The van der Waals surface area contributed by atoms with Crippen LogP contribution in [0.4, 0.5) is 0 Å². The third-order valence-electron chi connectivity index (χ3n) is 8.11. The molecular formula is C28H48N2O5. The number of nitrogens with one attached hydrogen (secondary N) is 1. The molecule has 7 heteroatoms. The summed E-state index contributed by atoms with van der Waals surface area (Å²) in [5.41, 5.74) is 0. The molecule has 0 spiro atoms. The summed E-state index contributed by atoms with van der Waals surface area (Å²) in [6.07, 6.45) is 8.82. The predicted molar refractivity (Wildman–Crippen MR) is 136 cm³/mol. The van der Waals surface area contributed by atoms with Crippen LogP contribution in [0.3, 0.4) is 0 Å². The average molecular weight is 493 g/mol. The molecule has 2 aliphatic carbocycles. The van der Waals surface area contributed by atoms with E-state index in [0.29, 0.717) is 44.1 Å². The number of carbonyl (C=O) groups is 1. The third kappa shape index (κ3) is 8.43. The van der Waals surface area contributed by atoms with Crippen LogP contribution in [0.5, 0.6) is 0 Å². The van der Waals surface area contributed by atoms with Crippen LogP contribution >= 0.6 is 0 Å². The zero-order chi connectivity index (χ0) is 25.2. The normalized spacial score (nSPS) is 34.7. The Hall–Kier alpha value is -1.17. The standard InChI is InChI=1S/C28H48N2O5/c1-4-34-17-5-16-29-28(33)26-25(19-31)27(21(3)32)35-30(26)18-24-14-12-23(13-15-24)11-10-22-8-6-20(2)7-9-22/h20-27,31-32H,4-9,12-19H2,1-3H3,(H,29,33)/t20?,21-,22?,23?,24?,25-,26-,27-/m1/s1. The Bertz CT molecular complexity index is 689. The molecule has 3 aliphatic rings. The Morgan fingerprint density at radius 1 is 1.11 bits per heavy atom. The minimum absolute atomic E-state index is 0.148. The minimum Gasteiger partial charge on any atom is -0.396 e. The highest BCUT2D eigenvalue weighted by Crippen LogP contribution is 2.35. The quantitative estimate of drug-likeness (QED) is 0.321. The van der Waals surface area contributed by atoms with Crippen molar-refractivity contribution in [3.63, 3.8) is 0 Å². The van der Waals surface area contributed by atoms with E-state index in [9.17, 15) is 15.0 Å². The van der Waals surface area contributed by atoms with E-state index in [1.807, 2.05) is 6.92 Å². The molecule has 3 N–H and O–H groups in total. The van der Waals surface area contributed by atoms with Gasteiger partial charge in [0.1, 0.15) is 12.1 Å². The number of nitrogens with zero attached hydrogens (tertiary/aromatic N) is 1. The third-order valence-corrected chi connectivity index (χ3v) is 8.11. The fourth-order valence-electron chi connectivity index (χ4n) is 5.84. The van der Waals surface area contributed by atoms with Crippen LogP contribution in [0.25, 0.3) is 0 Å². The molecule has 0 aromatic rings. The first-order chi connectivity index (χ1) is 16.9. The number of hydrogen-bond acceptors (Lipinski definition) is 6. The molecule has 1 amide bonds. The van der Waals surface area contributed by atoms with Crippen molar-refractivity contribution < 1.29 is 24.6 Å². The van der Waals surface area contributed by atoms with E-state index in [0.717, 1.165) is 38.0 Å². The van der Waals surface area contributed by atoms with E-state index in [1.54, 1.807) is 12.0 Å². The Kier molecular flexibility index (Phi) is 11.8. The summed E-state index contributed by atoms with van der Waals surface area (Å²) in [6, 6.07) is -0.599. The molecular weight excluding hydrogens is 444 g/mol. The van der Waals surface area contributed by atoms with Crippen molar-refractivity contribution in [2.24, 2.45) is 29.6 Å². The van der Waals surface area contributed by atoms with Gasteiger partial charge in [-0.3, -0.25) is 9.63 Å². The molecule has 2 saturated carbocycles. The van der Waals surface area contributed by atoms with Crippen molar-refractivity contribution in [3.8, 4) is 11.8 Å². The van der Waals surface area contributed by atoms with Gasteiger partial charge in [-0.05, 0) is 83.5 Å². The van der Waals surface area contributed by atoms with E-state index in [4.69, 9.17) is 9.57 Å². The lowest BCUT2D eigenvalue weighted by molar-refractivity contribution is -0.193. The number of amides is 1. The van der Waals surface area contributed by atoms with Gasteiger partial charge in [-0.25, -0.2) is 0 Å². The number of hydroxylamine groups is 2. The maximum atomic E-state index is 13.1. The minimum atomic E-state index is -0.765. The average Bonchev–Trinajstić information content (AvgIpc) is 3.23. The lowest BCUT2D eigenvalue weighted by Crippen LogP contribution is -2.49. The van der Waals surface area contributed by atoms with Gasteiger partial charge in [0.25, 0.3) is 0 Å². The van der Waals surface area contributed by atoms with Crippen LogP contribution in [0.15, 0.2) is 0 Å². The van der Waals surface area contributed by atoms with Crippen LogP contribution in [-0.2, 0) is 14.4 Å². The van der Waals surface area contributed by atoms with Crippen molar-refractivity contribution in [2.75, 3.05) is 32.9 Å². The van der Waals surface area contributed by atoms with Gasteiger partial charge in [-0.1, -0.05) is 18.8 Å². The van der Waals surface area contributed by atoms with Crippen molar-refractivity contribution in [3.05, 3.63) is 0 Å². The fraction of sp³-hybridized carbons (Fsp3) is 0.893. The number of rotatable bonds is 10. The van der Waals surface area contributed by atoms with Gasteiger partial charge in [0.05, 0.1) is 12.7 Å². The summed E-state index contributed by atoms with van der Waals surface area (Å²) in [7, 11) is 0. The SMILES string of the molecule is CCOCCCNC(=O)[C@H]1[C@@H](CO)[C@@H]([C@@H](C)O)ON1CC1CCC(C#CC2CCC(C)CC2)CC1. The summed E-state index contributed by atoms with van der Waals surface area (Å²) in [5, 5.41) is 25.0. The van der Waals surface area contributed by atoms with E-state index in [-0.39, 0.29) is 12.5 Å². The highest BCUT2D eigenvalue weighted by molar-refractivity contribution is 5.82. The molecule has 0 aromatic carbocycles. The second-order valence-electron chi connectivity index (χ2n) is 11.0. The summed E-state index contributed by atoms with van der Waals surface area (Å²) < 4.78 is 5.35. The molecule has 0 radical (unpaired) electrons. The van der Waals surface area contributed by atoms with Crippen LogP contribution in [-0.4, -0.2) is 72.3 Å². The van der Waals surface area contributed by atoms with Crippen molar-refractivity contribution in [1.82, 2.24) is 10.4 Å². The zero-order valence-corrected chi connectivity index (χ0v) is 22.1. The number of aliphatic hydroxyl groups is 2. The first-order valence-electron chi connectivity index (χ1n) is 14.0. The Balaban J connectivity index is 1.52. The predicted octanol–water partition coefficient (Wildman–Crippen LogP) is 3.14. The zero-order valence-electron chi connectivity index (χ0n) is 22.1. The second kappa shape index (κ2) is 14.5. The van der Waals surface area contributed by atoms with Crippen molar-refractivity contribution >= 4 is 5.91 Å². The number of ether oxygens (including phenoxy) is 1. The van der Waals surface area contributed by atoms with Crippen molar-refractivity contribution in [1.29, 1.82) is 0 Å². The molecule has 4 atom stereocenters. The molecule has 1 heterocycles. The second-order valence-corrected chi connectivity index (χ2v) is 11.0. The molecule has 0 unspecified atom stereocenters. The molecule has 0 aromatic heterocycles. The lowest BCUT2D eigenvalue weighted by Gasteiger charge is -2.31. The van der Waals surface area contributed by atoms with Crippen LogP contribution in [0, 0.1) is 41.4 Å². The largest absolute Gasteiger partial charge is 0.396 e. The molecule has 35 heavy (non-hydrogen) atoms. The summed E-state index contributed by atoms with van der Waals surface area (Å²) in [6.45, 7) is 8.17. The highest BCUT2D eigenvalue weighted by Gasteiger charge is 2.49. The van der Waals surface area contributed by atoms with E-state index in [2.05, 4.69) is 24.1 Å². The van der Waals surface area contributed by atoms with Crippen LogP contribution in [0.2, 0.25) is 0 Å². The number of carbonyl (C=O) groups excluding carboxylic acids is 1. The molecule has 0 bridgehead atoms. The van der Waals surface area contributed by atoms with Crippen LogP contribution in [0.1, 0.15) is 78.6 Å². The van der Waals surface area contributed by atoms with E-state index >= 15 is 0 Å². The van der Waals surface area contributed by atoms with Gasteiger partial charge in [-0.2, -0.15) is 5.06 Å². The van der Waals surface area contributed by atoms with Crippen LogP contribution < -0.4 is 5.32 Å². The first-order valence-corrected chi connectivity index (χ1v) is 14.0. The van der Waals surface area contributed by atoms with E-state index in [1.165, 1.54) is 25.7 Å². The van der Waals surface area contributed by atoms with E-state index < -0.39 is 24.2 Å². The lowest BCUT2D eigenvalue weighted by atomic mass is 9.80. The maximum Gasteiger partial charge on any atom is 0.240 e. The summed E-state index contributed by atoms with van der Waals surface area (Å²) in [4.78, 5) is 19.2. The maximum absolute atomic E-state index is 13.1. The summed E-state index contributed by atoms with van der Waals surface area (Å²) >= 11 is 0. The highest BCUT2D eigenvalue weighted by atomic mass is 16.7. The number of hydrogen-bond donors (Lipinski definition) is 3. The van der Waals surface area contributed by atoms with Crippen molar-refractivity contribution in [2.45, 2.75) is 96.8 Å². The van der Waals surface area contributed by atoms with Gasteiger partial charge >= 0.3 is 0 Å². The van der Waals surface area contributed by atoms with Gasteiger partial charge in [-0.15, -0.1) is 0 Å². The monoisotopic (exact) mass is 492 g/mol. The molecule has 7 nitrogen and oxygen atoms in total. The smallest absolute Gasteiger partial charge is 0.240 e. The molecule has 200 valence electrons. The molecule has 1 aliphatic heterocycles. The fourth-order valence-corrected chi connectivity index (χ4v) is 5.84. The summed E-state index contributed by atoms with van der Waals surface area (Å²) in [5.74, 6) is 8.91.